The van der Waals surface area contributed by atoms with Gasteiger partial charge in [0.2, 0.25) is 5.96 Å². The second kappa shape index (κ2) is 6.26. The molecule has 1 aliphatic rings. The van der Waals surface area contributed by atoms with Crippen molar-refractivity contribution in [3.05, 3.63) is 24.3 Å². The maximum Gasteiger partial charge on any atom is 0.210 e. The number of hydrazine groups is 1. The summed E-state index contributed by atoms with van der Waals surface area (Å²) < 4.78 is 0. The number of nitrogens with one attached hydrogen (secondary N) is 2. The van der Waals surface area contributed by atoms with E-state index in [0.29, 0.717) is 12.5 Å². The van der Waals surface area contributed by atoms with Crippen molar-refractivity contribution in [2.24, 2.45) is 10.8 Å². The van der Waals surface area contributed by atoms with Gasteiger partial charge >= 0.3 is 0 Å². The number of nitrogens with two attached hydrogens (primary N) is 1. The van der Waals surface area contributed by atoms with E-state index in [4.69, 9.17) is 5.84 Å². The third-order valence-electron chi connectivity index (χ3n) is 3.05. The van der Waals surface area contributed by atoms with Gasteiger partial charge in [0.25, 0.3) is 0 Å². The molecule has 1 heterocycles. The van der Waals surface area contributed by atoms with E-state index in [1.165, 1.54) is 31.6 Å². The van der Waals surface area contributed by atoms with Crippen LogP contribution in [0, 0.1) is 0 Å². The topological polar surface area (TPSA) is 65.7 Å². The molecule has 0 amide bonds. The number of anilines is 2. The van der Waals surface area contributed by atoms with Crippen LogP contribution in [0.15, 0.2) is 29.3 Å². The number of benzene rings is 1. The maximum atomic E-state index is 5.38. The fourth-order valence-corrected chi connectivity index (χ4v) is 2.15. The molecule has 0 atom stereocenters. The zero-order valence-electron chi connectivity index (χ0n) is 10.8. The molecule has 5 heteroatoms. The largest absolute Gasteiger partial charge is 0.372 e. The van der Waals surface area contributed by atoms with Gasteiger partial charge in [-0.05, 0) is 44.0 Å². The molecule has 0 unspecified atom stereocenters. The summed E-state index contributed by atoms with van der Waals surface area (Å²) in [7, 11) is 0. The highest BCUT2D eigenvalue weighted by Crippen LogP contribution is 2.21. The molecule has 0 aliphatic carbocycles. The van der Waals surface area contributed by atoms with Crippen LogP contribution in [-0.4, -0.2) is 25.6 Å². The first kappa shape index (κ1) is 12.7. The normalized spacial score (nSPS) is 15.9. The van der Waals surface area contributed by atoms with Crippen LogP contribution in [0.4, 0.5) is 11.4 Å². The number of guanidine groups is 1. The standard InChI is InChI=1S/C13H21N5/c1-2-15-13(17-14)16-11-5-7-12(8-6-11)18-9-3-4-10-18/h5-8H,2-4,9-10,14H2,1H3,(H2,15,16,17). The molecule has 1 fully saturated rings. The van der Waals surface area contributed by atoms with Crippen molar-refractivity contribution in [2.75, 3.05) is 29.9 Å². The maximum absolute atomic E-state index is 5.38. The minimum Gasteiger partial charge on any atom is -0.372 e. The average Bonchev–Trinajstić information content (AvgIpc) is 2.93. The Morgan fingerprint density at radius 1 is 1.28 bits per heavy atom. The summed E-state index contributed by atoms with van der Waals surface area (Å²) in [5.41, 5.74) is 4.82. The minimum absolute atomic E-state index is 0.589. The Balaban J connectivity index is 2.00. The van der Waals surface area contributed by atoms with Crippen LogP contribution in [-0.2, 0) is 0 Å². The van der Waals surface area contributed by atoms with Crippen molar-refractivity contribution in [3.63, 3.8) is 0 Å². The minimum atomic E-state index is 0.589. The smallest absolute Gasteiger partial charge is 0.210 e. The van der Waals surface area contributed by atoms with Crippen LogP contribution in [0.5, 0.6) is 0 Å². The Morgan fingerprint density at radius 3 is 2.50 bits per heavy atom. The molecule has 1 aromatic rings. The monoisotopic (exact) mass is 247 g/mol. The van der Waals surface area contributed by atoms with Crippen molar-refractivity contribution in [1.29, 1.82) is 0 Å². The van der Waals surface area contributed by atoms with Gasteiger partial charge in [-0.15, -0.1) is 0 Å². The summed E-state index contributed by atoms with van der Waals surface area (Å²) in [6.07, 6.45) is 2.59. The Kier molecular flexibility index (Phi) is 4.41. The molecule has 0 spiro atoms. The quantitative estimate of drug-likeness (QED) is 0.328. The van der Waals surface area contributed by atoms with Crippen LogP contribution in [0.2, 0.25) is 0 Å². The van der Waals surface area contributed by atoms with Gasteiger partial charge in [0.15, 0.2) is 0 Å². The van der Waals surface area contributed by atoms with Crippen molar-refractivity contribution in [1.82, 2.24) is 5.43 Å². The number of rotatable bonds is 3. The Morgan fingerprint density at radius 2 is 1.94 bits per heavy atom. The number of hydrogen-bond donors (Lipinski definition) is 3. The van der Waals surface area contributed by atoms with Gasteiger partial charge < -0.3 is 10.2 Å². The molecule has 1 saturated heterocycles. The lowest BCUT2D eigenvalue weighted by Crippen LogP contribution is -2.36. The summed E-state index contributed by atoms with van der Waals surface area (Å²) in [4.78, 5) is 6.61. The van der Waals surface area contributed by atoms with E-state index in [0.717, 1.165) is 5.69 Å². The highest BCUT2D eigenvalue weighted by molar-refractivity contribution is 5.93. The number of hydrogen-bond acceptors (Lipinski definition) is 3. The molecule has 98 valence electrons. The Bertz CT molecular complexity index is 392. The number of nitrogens with zero attached hydrogens (tertiary/aromatic N) is 2. The zero-order chi connectivity index (χ0) is 12.8. The van der Waals surface area contributed by atoms with Gasteiger partial charge in [0.1, 0.15) is 0 Å². The molecule has 0 saturated carbocycles. The summed E-state index contributed by atoms with van der Waals surface area (Å²) in [5.74, 6) is 5.97. The fraction of sp³-hybridized carbons (Fsp3) is 0.462. The molecule has 1 aliphatic heterocycles. The lowest BCUT2D eigenvalue weighted by molar-refractivity contribution is 0.949. The zero-order valence-corrected chi connectivity index (χ0v) is 10.8. The third-order valence-corrected chi connectivity index (χ3v) is 3.05. The van der Waals surface area contributed by atoms with E-state index in [1.807, 2.05) is 6.92 Å². The second-order valence-corrected chi connectivity index (χ2v) is 4.33. The third kappa shape index (κ3) is 3.13. The SMILES string of the molecule is CCN=C(NN)Nc1ccc(N2CCCC2)cc1. The van der Waals surface area contributed by atoms with Gasteiger partial charge in [0, 0.05) is 31.0 Å². The van der Waals surface area contributed by atoms with E-state index in [-0.39, 0.29) is 0 Å². The summed E-state index contributed by atoms with van der Waals surface area (Å²) in [5, 5.41) is 3.14. The van der Waals surface area contributed by atoms with Gasteiger partial charge in [-0.1, -0.05) is 0 Å². The van der Waals surface area contributed by atoms with E-state index in [9.17, 15) is 0 Å². The first-order valence-electron chi connectivity index (χ1n) is 6.46. The van der Waals surface area contributed by atoms with Crippen LogP contribution >= 0.6 is 0 Å². The van der Waals surface area contributed by atoms with Crippen molar-refractivity contribution in [3.8, 4) is 0 Å². The first-order chi connectivity index (χ1) is 8.83. The Labute approximate surface area is 108 Å². The van der Waals surface area contributed by atoms with Crippen LogP contribution < -0.4 is 21.5 Å². The van der Waals surface area contributed by atoms with Crippen molar-refractivity contribution in [2.45, 2.75) is 19.8 Å². The van der Waals surface area contributed by atoms with Gasteiger partial charge in [-0.2, -0.15) is 0 Å². The van der Waals surface area contributed by atoms with E-state index in [1.54, 1.807) is 0 Å². The molecule has 4 N–H and O–H groups in total. The molecule has 0 bridgehead atoms. The van der Waals surface area contributed by atoms with Gasteiger partial charge in [0.05, 0.1) is 0 Å². The van der Waals surface area contributed by atoms with Crippen LogP contribution in [0.25, 0.3) is 0 Å². The van der Waals surface area contributed by atoms with E-state index in [2.05, 4.69) is 44.9 Å². The highest BCUT2D eigenvalue weighted by Gasteiger charge is 2.11. The predicted octanol–water partition coefficient (Wildman–Crippen LogP) is 1.54. The molecule has 18 heavy (non-hydrogen) atoms. The molecule has 1 aromatic carbocycles. The number of aliphatic imine (C=N–C) groups is 1. The van der Waals surface area contributed by atoms with E-state index >= 15 is 0 Å². The molecular weight excluding hydrogens is 226 g/mol. The summed E-state index contributed by atoms with van der Waals surface area (Å²) in [6, 6.07) is 8.37. The molecule has 5 nitrogen and oxygen atoms in total. The van der Waals surface area contributed by atoms with Gasteiger partial charge in [-0.25, -0.2) is 5.84 Å². The molecule has 2 rings (SSSR count). The molecular formula is C13H21N5. The average molecular weight is 247 g/mol. The van der Waals surface area contributed by atoms with Crippen molar-refractivity contribution < 1.29 is 0 Å². The highest BCUT2D eigenvalue weighted by atomic mass is 15.3. The predicted molar refractivity (Wildman–Crippen MR) is 76.8 cm³/mol. The van der Waals surface area contributed by atoms with E-state index < -0.39 is 0 Å². The van der Waals surface area contributed by atoms with Crippen LogP contribution in [0.1, 0.15) is 19.8 Å². The Hall–Kier alpha value is -1.75. The lowest BCUT2D eigenvalue weighted by Gasteiger charge is -2.18. The summed E-state index contributed by atoms with van der Waals surface area (Å²) in [6.45, 7) is 4.99. The molecule has 0 aromatic heterocycles. The van der Waals surface area contributed by atoms with Crippen molar-refractivity contribution >= 4 is 17.3 Å². The second-order valence-electron chi connectivity index (χ2n) is 4.33. The molecule has 0 radical (unpaired) electrons. The lowest BCUT2D eigenvalue weighted by atomic mass is 10.2. The van der Waals surface area contributed by atoms with Gasteiger partial charge in [-0.3, -0.25) is 10.4 Å². The fourth-order valence-electron chi connectivity index (χ4n) is 2.15. The first-order valence-corrected chi connectivity index (χ1v) is 6.46. The summed E-state index contributed by atoms with van der Waals surface area (Å²) >= 11 is 0. The van der Waals surface area contributed by atoms with Crippen LogP contribution in [0.3, 0.4) is 0 Å².